The van der Waals surface area contributed by atoms with Crippen LogP contribution in [0.25, 0.3) is 0 Å². The van der Waals surface area contributed by atoms with Gasteiger partial charge in [-0.2, -0.15) is 0 Å². The first kappa shape index (κ1) is 8.97. The van der Waals surface area contributed by atoms with E-state index in [0.29, 0.717) is 0 Å². The van der Waals surface area contributed by atoms with E-state index in [2.05, 4.69) is 29.5 Å². The average molecular weight is 204 g/mol. The molecule has 3 aliphatic heterocycles. The maximum absolute atomic E-state index is 4.71. The molecule has 15 heavy (non-hydrogen) atoms. The average Bonchev–Trinajstić information content (AvgIpc) is 2.88. The molecule has 80 valence electrons. The molecule has 3 heterocycles. The Morgan fingerprint density at radius 3 is 2.93 bits per heavy atom. The second kappa shape index (κ2) is 3.38. The summed E-state index contributed by atoms with van der Waals surface area (Å²) in [6, 6.07) is 0. The monoisotopic (exact) mass is 204 g/mol. The Balaban J connectivity index is 1.88. The van der Waals surface area contributed by atoms with Crippen molar-refractivity contribution in [2.75, 3.05) is 19.6 Å². The van der Waals surface area contributed by atoms with Crippen LogP contribution in [0.2, 0.25) is 0 Å². The second-order valence-corrected chi connectivity index (χ2v) is 4.29. The fraction of sp³-hybridized carbons (Fsp3) is 0.545. The van der Waals surface area contributed by atoms with Crippen LogP contribution >= 0.6 is 0 Å². The van der Waals surface area contributed by atoms with Crippen LogP contribution < -0.4 is 5.43 Å². The normalized spacial score (nSPS) is 25.0. The van der Waals surface area contributed by atoms with Crippen LogP contribution in [-0.4, -0.2) is 35.4 Å². The van der Waals surface area contributed by atoms with Crippen LogP contribution in [0, 0.1) is 0 Å². The van der Waals surface area contributed by atoms with E-state index in [1.807, 2.05) is 5.01 Å². The lowest BCUT2D eigenvalue weighted by atomic mass is 10.3. The zero-order chi connectivity index (χ0) is 10.3. The van der Waals surface area contributed by atoms with Gasteiger partial charge in [0.25, 0.3) is 0 Å². The maximum Gasteiger partial charge on any atom is 0.149 e. The molecule has 0 atom stereocenters. The second-order valence-electron chi connectivity index (χ2n) is 4.29. The third-order valence-electron chi connectivity index (χ3n) is 3.15. The summed E-state index contributed by atoms with van der Waals surface area (Å²) in [5.74, 6) is 2.21. The molecule has 0 saturated carbocycles. The molecule has 0 aromatic rings. The molecule has 0 amide bonds. The molecule has 1 saturated heterocycles. The van der Waals surface area contributed by atoms with Crippen LogP contribution in [0.15, 0.2) is 28.7 Å². The van der Waals surface area contributed by atoms with Crippen molar-refractivity contribution < 1.29 is 0 Å². The molecule has 4 heteroatoms. The van der Waals surface area contributed by atoms with Crippen LogP contribution in [0.3, 0.4) is 0 Å². The minimum absolute atomic E-state index is 0.913. The van der Waals surface area contributed by atoms with Crippen molar-refractivity contribution in [3.8, 4) is 0 Å². The van der Waals surface area contributed by atoms with Gasteiger partial charge >= 0.3 is 0 Å². The van der Waals surface area contributed by atoms with Crippen LogP contribution in [0.5, 0.6) is 0 Å². The largest absolute Gasteiger partial charge is 0.357 e. The molecular formula is C11H16N4. The minimum Gasteiger partial charge on any atom is -0.357 e. The zero-order valence-electron chi connectivity index (χ0n) is 9.03. The summed E-state index contributed by atoms with van der Waals surface area (Å²) in [5.41, 5.74) is 4.58. The summed E-state index contributed by atoms with van der Waals surface area (Å²) >= 11 is 0. The van der Waals surface area contributed by atoms with E-state index in [9.17, 15) is 0 Å². The zero-order valence-corrected chi connectivity index (χ0v) is 9.03. The van der Waals surface area contributed by atoms with Crippen molar-refractivity contribution in [2.45, 2.75) is 19.8 Å². The fourth-order valence-electron chi connectivity index (χ4n) is 2.25. The summed E-state index contributed by atoms with van der Waals surface area (Å²) in [5, 5.41) is 2.01. The van der Waals surface area contributed by atoms with Gasteiger partial charge in [0.15, 0.2) is 0 Å². The van der Waals surface area contributed by atoms with Gasteiger partial charge in [-0.3, -0.25) is 5.01 Å². The highest BCUT2D eigenvalue weighted by molar-refractivity contribution is 5.94. The molecule has 1 fully saturated rings. The van der Waals surface area contributed by atoms with Gasteiger partial charge in [0, 0.05) is 25.8 Å². The smallest absolute Gasteiger partial charge is 0.149 e. The molecule has 0 aromatic heterocycles. The molecule has 4 nitrogen and oxygen atoms in total. The number of fused-ring (bicyclic) bond motifs is 1. The molecule has 3 rings (SSSR count). The predicted molar refractivity (Wildman–Crippen MR) is 59.9 cm³/mol. The van der Waals surface area contributed by atoms with Crippen molar-refractivity contribution in [1.82, 2.24) is 15.3 Å². The molecule has 0 aliphatic carbocycles. The number of hydrogen-bond acceptors (Lipinski definition) is 4. The Morgan fingerprint density at radius 2 is 2.13 bits per heavy atom. The van der Waals surface area contributed by atoms with E-state index >= 15 is 0 Å². The SMILES string of the molecule is CC1=C2N=C(N3CCCC3)C=CN2NC1. The standard InChI is InChI=1S/C11H16N4/c1-9-8-12-15-7-4-10(13-11(9)15)14-5-2-3-6-14/h4,7,12H,2-3,5-6,8H2,1H3. The lowest BCUT2D eigenvalue weighted by Gasteiger charge is -2.24. The molecule has 0 aromatic carbocycles. The van der Waals surface area contributed by atoms with Gasteiger partial charge in [-0.05, 0) is 31.4 Å². The van der Waals surface area contributed by atoms with Crippen molar-refractivity contribution >= 4 is 5.84 Å². The minimum atomic E-state index is 0.913. The Bertz CT molecular complexity index is 361. The van der Waals surface area contributed by atoms with Gasteiger partial charge in [0.2, 0.25) is 0 Å². The third kappa shape index (κ3) is 1.45. The molecule has 0 radical (unpaired) electrons. The van der Waals surface area contributed by atoms with Gasteiger partial charge in [-0.25, -0.2) is 10.4 Å². The van der Waals surface area contributed by atoms with Crippen molar-refractivity contribution in [3.63, 3.8) is 0 Å². The molecule has 0 unspecified atom stereocenters. The first-order valence-electron chi connectivity index (χ1n) is 5.59. The van der Waals surface area contributed by atoms with E-state index in [4.69, 9.17) is 4.99 Å². The third-order valence-corrected chi connectivity index (χ3v) is 3.15. The Kier molecular flexibility index (Phi) is 2.02. The molecule has 3 aliphatic rings. The number of hydrogen-bond donors (Lipinski definition) is 1. The summed E-state index contributed by atoms with van der Waals surface area (Å²) in [6.07, 6.45) is 6.77. The summed E-state index contributed by atoms with van der Waals surface area (Å²) in [6.45, 7) is 5.36. The number of likely N-dealkylation sites (tertiary alicyclic amines) is 1. The molecule has 0 spiro atoms. The number of aliphatic imine (C=N–C) groups is 1. The van der Waals surface area contributed by atoms with E-state index < -0.39 is 0 Å². The Labute approximate surface area is 89.9 Å². The van der Waals surface area contributed by atoms with E-state index in [0.717, 1.165) is 31.3 Å². The number of amidine groups is 1. The van der Waals surface area contributed by atoms with Gasteiger partial charge in [-0.1, -0.05) is 0 Å². The van der Waals surface area contributed by atoms with Gasteiger partial charge in [0.1, 0.15) is 11.7 Å². The topological polar surface area (TPSA) is 30.9 Å². The lowest BCUT2D eigenvalue weighted by Crippen LogP contribution is -2.33. The van der Waals surface area contributed by atoms with Crippen molar-refractivity contribution in [2.24, 2.45) is 4.99 Å². The quantitative estimate of drug-likeness (QED) is 0.640. The van der Waals surface area contributed by atoms with Crippen molar-refractivity contribution in [1.29, 1.82) is 0 Å². The molecular weight excluding hydrogens is 188 g/mol. The van der Waals surface area contributed by atoms with E-state index in [-0.39, 0.29) is 0 Å². The van der Waals surface area contributed by atoms with Crippen molar-refractivity contribution in [3.05, 3.63) is 23.7 Å². The van der Waals surface area contributed by atoms with Gasteiger partial charge in [0.05, 0.1) is 0 Å². The highest BCUT2D eigenvalue weighted by Crippen LogP contribution is 2.22. The summed E-state index contributed by atoms with van der Waals surface area (Å²) in [7, 11) is 0. The Hall–Kier alpha value is -1.29. The first-order valence-corrected chi connectivity index (χ1v) is 5.59. The maximum atomic E-state index is 4.71. The van der Waals surface area contributed by atoms with Gasteiger partial charge < -0.3 is 4.90 Å². The van der Waals surface area contributed by atoms with Crippen LogP contribution in [-0.2, 0) is 0 Å². The lowest BCUT2D eigenvalue weighted by molar-refractivity contribution is 0.377. The van der Waals surface area contributed by atoms with E-state index in [1.54, 1.807) is 0 Å². The number of nitrogens with one attached hydrogen (secondary N) is 1. The predicted octanol–water partition coefficient (Wildman–Crippen LogP) is 1.06. The van der Waals surface area contributed by atoms with Crippen LogP contribution in [0.1, 0.15) is 19.8 Å². The fourth-order valence-corrected chi connectivity index (χ4v) is 2.25. The van der Waals surface area contributed by atoms with E-state index in [1.165, 1.54) is 18.4 Å². The summed E-state index contributed by atoms with van der Waals surface area (Å²) < 4.78 is 0. The number of nitrogens with zero attached hydrogens (tertiary/aromatic N) is 3. The first-order chi connectivity index (χ1) is 7.34. The number of hydrazine groups is 1. The highest BCUT2D eigenvalue weighted by Gasteiger charge is 2.23. The molecule has 0 bridgehead atoms. The van der Waals surface area contributed by atoms with Crippen LogP contribution in [0.4, 0.5) is 0 Å². The molecule has 1 N–H and O–H groups in total. The number of rotatable bonds is 0. The highest BCUT2D eigenvalue weighted by atomic mass is 15.6. The van der Waals surface area contributed by atoms with Gasteiger partial charge in [-0.15, -0.1) is 0 Å². The Morgan fingerprint density at radius 1 is 1.33 bits per heavy atom. The summed E-state index contributed by atoms with van der Waals surface area (Å²) in [4.78, 5) is 7.07.